The average Bonchev–Trinajstić information content (AvgIpc) is 2.39. The van der Waals surface area contributed by atoms with Gasteiger partial charge in [0.2, 0.25) is 0 Å². The first-order chi connectivity index (χ1) is 10.3. The molecule has 0 spiro atoms. The van der Waals surface area contributed by atoms with Crippen molar-refractivity contribution in [1.29, 1.82) is 0 Å². The van der Waals surface area contributed by atoms with E-state index in [4.69, 9.17) is 11.6 Å². The van der Waals surface area contributed by atoms with Crippen molar-refractivity contribution < 1.29 is 17.6 Å². The number of hydrogen-bond donors (Lipinski definition) is 0. The van der Waals surface area contributed by atoms with Crippen molar-refractivity contribution in [2.45, 2.75) is 17.1 Å². The van der Waals surface area contributed by atoms with Crippen LogP contribution in [0.15, 0.2) is 47.6 Å². The Labute approximate surface area is 134 Å². The molecule has 118 valence electrons. The molecule has 1 heterocycles. The van der Waals surface area contributed by atoms with Crippen molar-refractivity contribution in [3.8, 4) is 0 Å². The second-order valence-corrected chi connectivity index (χ2v) is 6.14. The number of benzene rings is 1. The van der Waals surface area contributed by atoms with Crippen molar-refractivity contribution in [3.63, 3.8) is 0 Å². The molecule has 0 radical (unpaired) electrons. The molecule has 0 unspecified atom stereocenters. The first-order valence-corrected chi connectivity index (χ1v) is 7.26. The molecule has 8 heteroatoms. The van der Waals surface area contributed by atoms with E-state index in [1.165, 1.54) is 37.5 Å². The highest BCUT2D eigenvalue weighted by atomic mass is 35.5. The van der Waals surface area contributed by atoms with Crippen molar-refractivity contribution >= 4 is 23.5 Å². The minimum absolute atomic E-state index is 0.0521. The summed E-state index contributed by atoms with van der Waals surface area (Å²) < 4.78 is 54.2. The molecular weight excluding hydrogens is 340 g/mol. The molecule has 1 atom stereocenters. The first-order valence-electron chi connectivity index (χ1n) is 6.11. The predicted octanol–water partition coefficient (Wildman–Crippen LogP) is 5.12. The predicted molar refractivity (Wildman–Crippen MR) is 78.1 cm³/mol. The molecule has 0 N–H and O–H groups in total. The van der Waals surface area contributed by atoms with E-state index < -0.39 is 18.0 Å². The molecule has 2 rings (SSSR count). The summed E-state index contributed by atoms with van der Waals surface area (Å²) in [5.74, 6) is -0.603. The van der Waals surface area contributed by atoms with E-state index in [0.717, 1.165) is 28.5 Å². The van der Waals surface area contributed by atoms with Crippen LogP contribution in [0.25, 0.3) is 0 Å². The quantitative estimate of drug-likeness (QED) is 0.562. The molecule has 0 saturated carbocycles. The second kappa shape index (κ2) is 6.85. The highest BCUT2D eigenvalue weighted by molar-refractivity contribution is 7.97. The smallest absolute Gasteiger partial charge is 0.260 e. The van der Waals surface area contributed by atoms with Gasteiger partial charge in [0.1, 0.15) is 11.9 Å². The van der Waals surface area contributed by atoms with Gasteiger partial charge in [-0.2, -0.15) is 13.2 Å². The Kier molecular flexibility index (Phi) is 5.31. The van der Waals surface area contributed by atoms with Crippen molar-refractivity contribution in [2.75, 3.05) is 7.05 Å². The van der Waals surface area contributed by atoms with E-state index in [9.17, 15) is 17.6 Å². The van der Waals surface area contributed by atoms with Gasteiger partial charge in [0.15, 0.2) is 0 Å². The fraction of sp³-hybridized carbons (Fsp3) is 0.214. The van der Waals surface area contributed by atoms with E-state index in [-0.39, 0.29) is 10.5 Å². The Morgan fingerprint density at radius 3 is 2.36 bits per heavy atom. The van der Waals surface area contributed by atoms with Gasteiger partial charge < -0.3 is 0 Å². The molecule has 2 aromatic rings. The number of nitrogens with zero attached hydrogens (tertiary/aromatic N) is 2. The molecule has 0 aliphatic rings. The molecule has 2 nitrogen and oxygen atoms in total. The number of pyridine rings is 1. The van der Waals surface area contributed by atoms with Gasteiger partial charge in [-0.05, 0) is 42.8 Å². The van der Waals surface area contributed by atoms with Crippen LogP contribution in [0, 0.1) is 5.82 Å². The number of alkyl halides is 3. The minimum atomic E-state index is -4.49. The second-order valence-electron chi connectivity index (χ2n) is 4.47. The fourth-order valence-corrected chi connectivity index (χ4v) is 2.99. The lowest BCUT2D eigenvalue weighted by Gasteiger charge is -2.29. The Morgan fingerprint density at radius 1 is 1.18 bits per heavy atom. The zero-order valence-corrected chi connectivity index (χ0v) is 12.9. The van der Waals surface area contributed by atoms with Crippen LogP contribution in [-0.2, 0) is 0 Å². The molecule has 1 aromatic heterocycles. The SMILES string of the molecule is CN(Sc1cncc(F)c1)[C@H](c1ccc(Cl)cc1)C(F)(F)F. The summed E-state index contributed by atoms with van der Waals surface area (Å²) in [6, 6.07) is 4.72. The summed E-state index contributed by atoms with van der Waals surface area (Å²) >= 11 is 6.48. The summed E-state index contributed by atoms with van der Waals surface area (Å²) in [7, 11) is 1.29. The van der Waals surface area contributed by atoms with Gasteiger partial charge in [-0.15, -0.1) is 0 Å². The van der Waals surface area contributed by atoms with Gasteiger partial charge in [0, 0.05) is 16.1 Å². The highest BCUT2D eigenvalue weighted by Gasteiger charge is 2.44. The van der Waals surface area contributed by atoms with Gasteiger partial charge in [0.25, 0.3) is 0 Å². The van der Waals surface area contributed by atoms with Gasteiger partial charge in [-0.1, -0.05) is 23.7 Å². The molecule has 0 fully saturated rings. The summed E-state index contributed by atoms with van der Waals surface area (Å²) in [5, 5.41) is 0.356. The Hall–Kier alpha value is -1.31. The fourth-order valence-electron chi connectivity index (χ4n) is 1.91. The van der Waals surface area contributed by atoms with Crippen LogP contribution in [0.4, 0.5) is 17.6 Å². The number of halogens is 5. The van der Waals surface area contributed by atoms with Gasteiger partial charge in [-0.25, -0.2) is 8.70 Å². The first kappa shape index (κ1) is 17.1. The average molecular weight is 351 g/mol. The third kappa shape index (κ3) is 4.34. The van der Waals surface area contributed by atoms with Crippen LogP contribution in [0.5, 0.6) is 0 Å². The van der Waals surface area contributed by atoms with Crippen molar-refractivity contribution in [1.82, 2.24) is 9.29 Å². The van der Waals surface area contributed by atoms with Crippen LogP contribution >= 0.6 is 23.5 Å². The third-order valence-electron chi connectivity index (χ3n) is 2.79. The van der Waals surface area contributed by atoms with Gasteiger partial charge >= 0.3 is 6.18 Å². The van der Waals surface area contributed by atoms with E-state index >= 15 is 0 Å². The standard InChI is InChI=1S/C14H11ClF4N2S/c1-21(22-12-6-11(16)7-20-8-12)13(14(17,18)19)9-2-4-10(15)5-3-9/h2-8,13H,1H3/t13-/m1/s1. The van der Waals surface area contributed by atoms with Crippen molar-refractivity contribution in [3.05, 3.63) is 59.1 Å². The monoisotopic (exact) mass is 350 g/mol. The maximum atomic E-state index is 13.4. The lowest BCUT2D eigenvalue weighted by atomic mass is 10.1. The van der Waals surface area contributed by atoms with Gasteiger partial charge in [0.05, 0.1) is 6.20 Å². The largest absolute Gasteiger partial charge is 0.408 e. The normalized spacial score (nSPS) is 13.4. The minimum Gasteiger partial charge on any atom is -0.260 e. The van der Waals surface area contributed by atoms with Crippen LogP contribution in [0.3, 0.4) is 0 Å². The topological polar surface area (TPSA) is 16.1 Å². The van der Waals surface area contributed by atoms with Crippen LogP contribution in [-0.4, -0.2) is 22.5 Å². The summed E-state index contributed by atoms with van der Waals surface area (Å²) in [6.07, 6.45) is -2.19. The maximum Gasteiger partial charge on any atom is 0.408 e. The van der Waals surface area contributed by atoms with Crippen LogP contribution < -0.4 is 0 Å². The van der Waals surface area contributed by atoms with E-state index in [1.54, 1.807) is 0 Å². The lowest BCUT2D eigenvalue weighted by Crippen LogP contribution is -2.31. The van der Waals surface area contributed by atoms with E-state index in [0.29, 0.717) is 5.02 Å². The highest BCUT2D eigenvalue weighted by Crippen LogP contribution is 2.41. The number of aromatic nitrogens is 1. The summed E-state index contributed by atoms with van der Waals surface area (Å²) in [6.45, 7) is 0. The molecule has 0 saturated heterocycles. The molecule has 1 aromatic carbocycles. The van der Waals surface area contributed by atoms with E-state index in [1.807, 2.05) is 0 Å². The van der Waals surface area contributed by atoms with Crippen LogP contribution in [0.1, 0.15) is 11.6 Å². The molecule has 0 aliphatic carbocycles. The molecule has 22 heavy (non-hydrogen) atoms. The summed E-state index contributed by atoms with van der Waals surface area (Å²) in [4.78, 5) is 3.90. The zero-order valence-electron chi connectivity index (χ0n) is 11.3. The maximum absolute atomic E-state index is 13.4. The van der Waals surface area contributed by atoms with E-state index in [2.05, 4.69) is 4.98 Å². The molecule has 0 amide bonds. The Bertz CT molecular complexity index is 633. The lowest BCUT2D eigenvalue weighted by molar-refractivity contribution is -0.169. The molecule has 0 bridgehead atoms. The summed E-state index contributed by atoms with van der Waals surface area (Å²) in [5.41, 5.74) is 0.0521. The third-order valence-corrected chi connectivity index (χ3v) is 3.97. The Balaban J connectivity index is 2.27. The van der Waals surface area contributed by atoms with Gasteiger partial charge in [-0.3, -0.25) is 4.98 Å². The molecule has 0 aliphatic heterocycles. The molecular formula is C14H11ClF4N2S. The van der Waals surface area contributed by atoms with Crippen LogP contribution in [0.2, 0.25) is 5.02 Å². The zero-order chi connectivity index (χ0) is 16.3. The van der Waals surface area contributed by atoms with Crippen molar-refractivity contribution in [2.24, 2.45) is 0 Å². The Morgan fingerprint density at radius 2 is 1.82 bits per heavy atom. The number of hydrogen-bond acceptors (Lipinski definition) is 3. The number of rotatable bonds is 4.